The van der Waals surface area contributed by atoms with Crippen LogP contribution in [0.3, 0.4) is 0 Å². The van der Waals surface area contributed by atoms with Crippen LogP contribution in [0.1, 0.15) is 55.5 Å². The number of carbonyl (C=O) groups is 1. The summed E-state index contributed by atoms with van der Waals surface area (Å²) in [6, 6.07) is 12.2. The molecule has 3 N–H and O–H groups in total. The second kappa shape index (κ2) is 14.8. The number of anilines is 2. The molecule has 0 unspecified atom stereocenters. The predicted octanol–water partition coefficient (Wildman–Crippen LogP) is 2.58. The van der Waals surface area contributed by atoms with Crippen LogP contribution in [0, 0.1) is 0 Å². The van der Waals surface area contributed by atoms with Gasteiger partial charge >= 0.3 is 0 Å². The first-order valence-electron chi connectivity index (χ1n) is 12.5. The van der Waals surface area contributed by atoms with Crippen LogP contribution < -0.4 is 14.5 Å². The van der Waals surface area contributed by atoms with Gasteiger partial charge in [0.2, 0.25) is 10.0 Å². The quantitative estimate of drug-likeness (QED) is 0.291. The minimum absolute atomic E-state index is 0.0867. The topological polar surface area (TPSA) is 123 Å². The summed E-state index contributed by atoms with van der Waals surface area (Å²) < 4.78 is 26.3. The molecule has 0 aliphatic rings. The average molecular weight is 521 g/mol. The summed E-state index contributed by atoms with van der Waals surface area (Å²) in [6.07, 6.45) is 4.38. The van der Waals surface area contributed by atoms with Crippen LogP contribution in [-0.2, 0) is 16.4 Å². The minimum atomic E-state index is -3.62. The number of unbranched alkanes of at least 4 members (excludes halogenated alkanes) is 1. The number of amides is 1. The molecule has 0 bridgehead atoms. The maximum Gasteiger partial charge on any atom is 0.251 e. The van der Waals surface area contributed by atoms with E-state index in [9.17, 15) is 23.4 Å². The molecule has 0 fully saturated rings. The maximum absolute atomic E-state index is 13.3. The molecule has 0 saturated carbocycles. The van der Waals surface area contributed by atoms with Crippen LogP contribution in [0.15, 0.2) is 42.5 Å². The summed E-state index contributed by atoms with van der Waals surface area (Å²) in [4.78, 5) is 20.0. The van der Waals surface area contributed by atoms with Gasteiger partial charge in [0.15, 0.2) is 0 Å². The van der Waals surface area contributed by atoms with E-state index in [0.29, 0.717) is 38.2 Å². The first kappa shape index (κ1) is 29.5. The van der Waals surface area contributed by atoms with Gasteiger partial charge in [-0.2, -0.15) is 0 Å². The van der Waals surface area contributed by atoms with Crippen LogP contribution >= 0.6 is 0 Å². The fourth-order valence-corrected chi connectivity index (χ4v) is 4.88. The lowest BCUT2D eigenvalue weighted by atomic mass is 10.1. The summed E-state index contributed by atoms with van der Waals surface area (Å²) >= 11 is 0. The van der Waals surface area contributed by atoms with E-state index in [4.69, 9.17) is 0 Å². The number of hydrogen-bond acceptors (Lipinski definition) is 7. The van der Waals surface area contributed by atoms with Crippen molar-refractivity contribution in [2.24, 2.45) is 0 Å². The Morgan fingerprint density at radius 1 is 1.00 bits per heavy atom. The van der Waals surface area contributed by atoms with Crippen LogP contribution in [0.2, 0.25) is 0 Å². The highest BCUT2D eigenvalue weighted by Crippen LogP contribution is 2.24. The summed E-state index contributed by atoms with van der Waals surface area (Å²) in [5.41, 5.74) is 1.26. The molecular weight excluding hydrogens is 480 g/mol. The molecule has 1 amide bonds. The zero-order valence-corrected chi connectivity index (χ0v) is 22.4. The summed E-state index contributed by atoms with van der Waals surface area (Å²) in [6.45, 7) is 5.29. The molecular formula is C26H40N4O5S. The third kappa shape index (κ3) is 9.07. The number of aliphatic hydroxyl groups excluding tert-OH is 2. The van der Waals surface area contributed by atoms with E-state index in [-0.39, 0.29) is 31.1 Å². The van der Waals surface area contributed by atoms with Gasteiger partial charge in [0.05, 0.1) is 18.9 Å². The van der Waals surface area contributed by atoms with E-state index < -0.39 is 22.0 Å². The fourth-order valence-electron chi connectivity index (χ4n) is 3.93. The van der Waals surface area contributed by atoms with E-state index in [2.05, 4.69) is 10.3 Å². The van der Waals surface area contributed by atoms with Gasteiger partial charge in [0.1, 0.15) is 11.6 Å². The molecule has 10 heteroatoms. The molecule has 1 aromatic carbocycles. The molecule has 0 saturated heterocycles. The summed E-state index contributed by atoms with van der Waals surface area (Å²) in [5, 5.41) is 22.0. The number of pyridine rings is 1. The lowest BCUT2D eigenvalue weighted by Crippen LogP contribution is -2.39. The van der Waals surface area contributed by atoms with Crippen molar-refractivity contribution < 1.29 is 23.4 Å². The molecule has 1 aromatic heterocycles. The van der Waals surface area contributed by atoms with E-state index in [1.165, 1.54) is 10.4 Å². The van der Waals surface area contributed by atoms with Gasteiger partial charge in [-0.05, 0) is 49.8 Å². The third-order valence-corrected chi connectivity index (χ3v) is 6.85. The van der Waals surface area contributed by atoms with Gasteiger partial charge in [0.25, 0.3) is 5.91 Å². The summed E-state index contributed by atoms with van der Waals surface area (Å²) in [5.74, 6) is 0.284. The highest BCUT2D eigenvalue weighted by atomic mass is 32.2. The number of sulfonamides is 1. The number of benzene rings is 1. The normalized spacial score (nSPS) is 12.2. The van der Waals surface area contributed by atoms with Gasteiger partial charge in [-0.1, -0.05) is 44.2 Å². The molecule has 1 atom stereocenters. The summed E-state index contributed by atoms with van der Waals surface area (Å²) in [7, 11) is -3.62. The van der Waals surface area contributed by atoms with Crippen molar-refractivity contribution in [2.45, 2.75) is 52.0 Å². The minimum Gasteiger partial charge on any atom is -0.396 e. The molecule has 200 valence electrons. The lowest BCUT2D eigenvalue weighted by molar-refractivity contribution is 0.0916. The van der Waals surface area contributed by atoms with Crippen molar-refractivity contribution in [3.8, 4) is 0 Å². The zero-order chi connectivity index (χ0) is 26.6. The van der Waals surface area contributed by atoms with Crippen molar-refractivity contribution in [1.82, 2.24) is 10.3 Å². The molecule has 36 heavy (non-hydrogen) atoms. The van der Waals surface area contributed by atoms with Crippen LogP contribution in [0.4, 0.5) is 11.6 Å². The number of nitrogens with zero attached hydrogens (tertiary/aromatic N) is 3. The SMILES string of the molecule is CCCN(CCCCO)c1cc(C(=O)N[C@H](CO)Cc2ccccc2)cc(N(CCC)S(C)(=O)=O)n1. The standard InChI is InChI=1S/C26H40N4O5S/c1-4-13-29(15-9-10-16-31)24-18-22(19-25(28-24)30(14-5-2)36(3,34)35)26(33)27-23(20-32)17-21-11-7-6-8-12-21/h6-8,11-12,18-19,23,31-32H,4-5,9-10,13-17,20H2,1-3H3,(H,27,33)/t23-/m0/s1. The molecule has 1 heterocycles. The number of aliphatic hydroxyl groups is 2. The number of nitrogens with one attached hydrogen (secondary N) is 1. The van der Waals surface area contributed by atoms with E-state index >= 15 is 0 Å². The Balaban J connectivity index is 2.45. The molecule has 9 nitrogen and oxygen atoms in total. The Morgan fingerprint density at radius 3 is 2.25 bits per heavy atom. The zero-order valence-electron chi connectivity index (χ0n) is 21.6. The van der Waals surface area contributed by atoms with Gasteiger partial charge < -0.3 is 20.4 Å². The Morgan fingerprint density at radius 2 is 1.67 bits per heavy atom. The molecule has 2 aromatic rings. The number of rotatable bonds is 16. The van der Waals surface area contributed by atoms with Crippen molar-refractivity contribution in [2.75, 3.05) is 48.3 Å². The third-order valence-electron chi connectivity index (χ3n) is 5.68. The Labute approximate surface area is 215 Å². The Kier molecular flexibility index (Phi) is 12.1. The fraction of sp³-hybridized carbons (Fsp3) is 0.538. The largest absolute Gasteiger partial charge is 0.396 e. The van der Waals surface area contributed by atoms with Crippen LogP contribution in [-0.4, -0.2) is 74.7 Å². The number of hydrogen-bond donors (Lipinski definition) is 3. The molecule has 0 spiro atoms. The Bertz CT molecular complexity index is 1050. The van der Waals surface area contributed by atoms with E-state index in [0.717, 1.165) is 24.7 Å². The highest BCUT2D eigenvalue weighted by molar-refractivity contribution is 7.92. The van der Waals surface area contributed by atoms with Gasteiger partial charge in [-0.3, -0.25) is 9.10 Å². The number of carbonyl (C=O) groups excluding carboxylic acids is 1. The Hall–Kier alpha value is -2.69. The maximum atomic E-state index is 13.3. The molecule has 2 rings (SSSR count). The van der Waals surface area contributed by atoms with Gasteiger partial charge in [-0.15, -0.1) is 0 Å². The van der Waals surface area contributed by atoms with Crippen LogP contribution in [0.5, 0.6) is 0 Å². The average Bonchev–Trinajstić information content (AvgIpc) is 2.86. The smallest absolute Gasteiger partial charge is 0.251 e. The second-order valence-corrected chi connectivity index (χ2v) is 10.8. The number of aromatic nitrogens is 1. The monoisotopic (exact) mass is 520 g/mol. The van der Waals surface area contributed by atoms with Crippen molar-refractivity contribution in [3.63, 3.8) is 0 Å². The molecule has 0 aliphatic heterocycles. The molecule has 0 radical (unpaired) electrons. The van der Waals surface area contributed by atoms with Crippen molar-refractivity contribution in [3.05, 3.63) is 53.6 Å². The second-order valence-electron chi connectivity index (χ2n) is 8.87. The first-order chi connectivity index (χ1) is 17.2. The van der Waals surface area contributed by atoms with Crippen molar-refractivity contribution in [1.29, 1.82) is 0 Å². The van der Waals surface area contributed by atoms with E-state index in [1.54, 1.807) is 6.07 Å². The predicted molar refractivity (Wildman–Crippen MR) is 144 cm³/mol. The van der Waals surface area contributed by atoms with E-state index in [1.807, 2.05) is 49.1 Å². The van der Waals surface area contributed by atoms with Crippen molar-refractivity contribution >= 4 is 27.6 Å². The van der Waals surface area contributed by atoms with Gasteiger partial charge in [-0.25, -0.2) is 13.4 Å². The lowest BCUT2D eigenvalue weighted by Gasteiger charge is -2.27. The van der Waals surface area contributed by atoms with Crippen LogP contribution in [0.25, 0.3) is 0 Å². The molecule has 0 aliphatic carbocycles. The van der Waals surface area contributed by atoms with Gasteiger partial charge in [0, 0.05) is 31.8 Å². The highest BCUT2D eigenvalue weighted by Gasteiger charge is 2.23. The first-order valence-corrected chi connectivity index (χ1v) is 14.4.